The largest absolute Gasteiger partial charge is 0.392 e. The molecule has 0 aliphatic heterocycles. The monoisotopic (exact) mass is 246 g/mol. The molecule has 1 atom stereocenters. The van der Waals surface area contributed by atoms with Crippen LogP contribution in [0.4, 0.5) is 0 Å². The quantitative estimate of drug-likeness (QED) is 0.783. The van der Waals surface area contributed by atoms with Crippen LogP contribution in [0.5, 0.6) is 0 Å². The van der Waals surface area contributed by atoms with Crippen LogP contribution in [0.25, 0.3) is 0 Å². The Kier molecular flexibility index (Phi) is 6.10. The number of benzene rings is 1. The van der Waals surface area contributed by atoms with Crippen molar-refractivity contribution < 1.29 is 9.84 Å². The molecule has 0 amide bonds. The highest BCUT2D eigenvalue weighted by Gasteiger charge is 2.06. The van der Waals surface area contributed by atoms with Gasteiger partial charge in [-0.05, 0) is 18.6 Å². The van der Waals surface area contributed by atoms with E-state index in [1.807, 2.05) is 24.3 Å². The number of methoxy groups -OCH3 is 1. The summed E-state index contributed by atoms with van der Waals surface area (Å²) in [6, 6.07) is 7.64. The van der Waals surface area contributed by atoms with Crippen molar-refractivity contribution in [2.45, 2.75) is 17.4 Å². The van der Waals surface area contributed by atoms with E-state index in [1.54, 1.807) is 18.9 Å². The van der Waals surface area contributed by atoms with Gasteiger partial charge in [0.25, 0.3) is 0 Å². The normalized spacial score (nSPS) is 12.7. The van der Waals surface area contributed by atoms with Gasteiger partial charge in [0.2, 0.25) is 0 Å². The standard InChI is InChI=1S/C11H15ClO2S/c1-14-7-6-9(13)8-15-11-5-3-2-4-10(11)12/h2-5,9,13H,6-8H2,1H3. The third-order valence-electron chi connectivity index (χ3n) is 1.92. The Balaban J connectivity index is 2.33. The zero-order valence-corrected chi connectivity index (χ0v) is 10.2. The molecule has 2 nitrogen and oxygen atoms in total. The van der Waals surface area contributed by atoms with Crippen molar-refractivity contribution >= 4 is 23.4 Å². The highest BCUT2D eigenvalue weighted by atomic mass is 35.5. The van der Waals surface area contributed by atoms with Crippen LogP contribution in [0.15, 0.2) is 29.2 Å². The number of hydrogen-bond acceptors (Lipinski definition) is 3. The fraction of sp³-hybridized carbons (Fsp3) is 0.455. The van der Waals surface area contributed by atoms with Crippen LogP contribution < -0.4 is 0 Å². The Morgan fingerprint density at radius 2 is 2.20 bits per heavy atom. The van der Waals surface area contributed by atoms with Crippen molar-refractivity contribution in [3.05, 3.63) is 29.3 Å². The number of halogens is 1. The summed E-state index contributed by atoms with van der Waals surface area (Å²) in [5.74, 6) is 0.646. The Hall–Kier alpha value is -0.220. The highest BCUT2D eigenvalue weighted by molar-refractivity contribution is 7.99. The SMILES string of the molecule is COCCC(O)CSc1ccccc1Cl. The average Bonchev–Trinajstić information content (AvgIpc) is 2.25. The maximum Gasteiger partial charge on any atom is 0.0656 e. The van der Waals surface area contributed by atoms with E-state index in [4.69, 9.17) is 16.3 Å². The number of hydrogen-bond donors (Lipinski definition) is 1. The Bertz CT molecular complexity index is 294. The van der Waals surface area contributed by atoms with Crippen LogP contribution in [0.2, 0.25) is 5.02 Å². The molecule has 0 aliphatic carbocycles. The van der Waals surface area contributed by atoms with Crippen LogP contribution in [0.1, 0.15) is 6.42 Å². The van der Waals surface area contributed by atoms with Crippen LogP contribution in [0, 0.1) is 0 Å². The van der Waals surface area contributed by atoms with Gasteiger partial charge in [-0.25, -0.2) is 0 Å². The van der Waals surface area contributed by atoms with Crippen molar-refractivity contribution in [2.24, 2.45) is 0 Å². The smallest absolute Gasteiger partial charge is 0.0656 e. The second-order valence-electron chi connectivity index (χ2n) is 3.18. The Morgan fingerprint density at radius 3 is 2.87 bits per heavy atom. The number of aliphatic hydroxyl groups is 1. The lowest BCUT2D eigenvalue weighted by Crippen LogP contribution is -2.12. The summed E-state index contributed by atoms with van der Waals surface area (Å²) in [5.41, 5.74) is 0. The van der Waals surface area contributed by atoms with Crippen molar-refractivity contribution in [2.75, 3.05) is 19.5 Å². The van der Waals surface area contributed by atoms with Crippen molar-refractivity contribution in [1.82, 2.24) is 0 Å². The first-order valence-corrected chi connectivity index (χ1v) is 6.14. The minimum Gasteiger partial charge on any atom is -0.392 e. The number of ether oxygens (including phenoxy) is 1. The predicted octanol–water partition coefficient (Wildman–Crippen LogP) is 2.83. The highest BCUT2D eigenvalue weighted by Crippen LogP contribution is 2.27. The number of thioether (sulfide) groups is 1. The molecule has 1 unspecified atom stereocenters. The molecular weight excluding hydrogens is 232 g/mol. The molecule has 1 rings (SSSR count). The molecule has 0 radical (unpaired) electrons. The molecule has 0 aliphatic rings. The first-order chi connectivity index (χ1) is 7.24. The molecule has 15 heavy (non-hydrogen) atoms. The van der Waals surface area contributed by atoms with Crippen LogP contribution in [-0.4, -0.2) is 30.7 Å². The van der Waals surface area contributed by atoms with Gasteiger partial charge < -0.3 is 9.84 Å². The molecular formula is C11H15ClO2S. The topological polar surface area (TPSA) is 29.5 Å². The first-order valence-electron chi connectivity index (χ1n) is 4.78. The lowest BCUT2D eigenvalue weighted by molar-refractivity contribution is 0.124. The maximum atomic E-state index is 9.59. The van der Waals surface area contributed by atoms with E-state index in [0.29, 0.717) is 18.8 Å². The van der Waals surface area contributed by atoms with Crippen LogP contribution >= 0.6 is 23.4 Å². The summed E-state index contributed by atoms with van der Waals surface area (Å²) < 4.78 is 4.89. The van der Waals surface area contributed by atoms with Crippen molar-refractivity contribution in [1.29, 1.82) is 0 Å². The van der Waals surface area contributed by atoms with Crippen LogP contribution in [-0.2, 0) is 4.74 Å². The van der Waals surface area contributed by atoms with E-state index in [2.05, 4.69) is 0 Å². The molecule has 0 saturated heterocycles. The molecule has 84 valence electrons. The summed E-state index contributed by atoms with van der Waals surface area (Å²) >= 11 is 7.55. The Labute approximate surface area is 99.6 Å². The van der Waals surface area contributed by atoms with E-state index in [-0.39, 0.29) is 6.10 Å². The summed E-state index contributed by atoms with van der Waals surface area (Å²) in [6.45, 7) is 0.588. The molecule has 4 heteroatoms. The van der Waals surface area contributed by atoms with Gasteiger partial charge in [-0.3, -0.25) is 0 Å². The predicted molar refractivity (Wildman–Crippen MR) is 64.7 cm³/mol. The molecule has 0 fully saturated rings. The maximum absolute atomic E-state index is 9.59. The van der Waals surface area contributed by atoms with Gasteiger partial charge in [0.1, 0.15) is 0 Å². The fourth-order valence-electron chi connectivity index (χ4n) is 1.08. The van der Waals surface area contributed by atoms with Crippen molar-refractivity contribution in [3.8, 4) is 0 Å². The van der Waals surface area contributed by atoms with Gasteiger partial charge >= 0.3 is 0 Å². The van der Waals surface area contributed by atoms with E-state index in [0.717, 1.165) is 9.92 Å². The van der Waals surface area contributed by atoms with Gasteiger partial charge in [0.05, 0.1) is 11.1 Å². The minimum atomic E-state index is -0.341. The van der Waals surface area contributed by atoms with Crippen LogP contribution in [0.3, 0.4) is 0 Å². The van der Waals surface area contributed by atoms with E-state index in [9.17, 15) is 5.11 Å². The first kappa shape index (κ1) is 12.8. The number of aliphatic hydroxyl groups excluding tert-OH is 1. The molecule has 1 aromatic carbocycles. The van der Waals surface area contributed by atoms with Gasteiger partial charge in [0.15, 0.2) is 0 Å². The van der Waals surface area contributed by atoms with Gasteiger partial charge in [-0.1, -0.05) is 23.7 Å². The second-order valence-corrected chi connectivity index (χ2v) is 4.65. The molecule has 0 saturated carbocycles. The molecule has 1 N–H and O–H groups in total. The van der Waals surface area contributed by atoms with E-state index >= 15 is 0 Å². The van der Waals surface area contributed by atoms with E-state index < -0.39 is 0 Å². The summed E-state index contributed by atoms with van der Waals surface area (Å²) in [5, 5.41) is 10.3. The molecule has 1 aromatic rings. The second kappa shape index (κ2) is 7.12. The lowest BCUT2D eigenvalue weighted by Gasteiger charge is -2.09. The molecule has 0 heterocycles. The lowest BCUT2D eigenvalue weighted by atomic mass is 10.3. The summed E-state index contributed by atoms with van der Waals surface area (Å²) in [7, 11) is 1.63. The molecule has 0 bridgehead atoms. The van der Waals surface area contributed by atoms with E-state index in [1.165, 1.54) is 0 Å². The number of rotatable bonds is 6. The fourth-order valence-corrected chi connectivity index (χ4v) is 2.30. The third-order valence-corrected chi connectivity index (χ3v) is 3.58. The molecule has 0 spiro atoms. The zero-order valence-electron chi connectivity index (χ0n) is 8.65. The average molecular weight is 247 g/mol. The van der Waals surface area contributed by atoms with Gasteiger partial charge in [0, 0.05) is 24.4 Å². The zero-order chi connectivity index (χ0) is 11.1. The minimum absolute atomic E-state index is 0.341. The van der Waals surface area contributed by atoms with Gasteiger partial charge in [-0.15, -0.1) is 11.8 Å². The van der Waals surface area contributed by atoms with Gasteiger partial charge in [-0.2, -0.15) is 0 Å². The summed E-state index contributed by atoms with van der Waals surface area (Å²) in [6.07, 6.45) is 0.319. The molecule has 0 aromatic heterocycles. The summed E-state index contributed by atoms with van der Waals surface area (Å²) in [4.78, 5) is 1.01. The van der Waals surface area contributed by atoms with Crippen molar-refractivity contribution in [3.63, 3.8) is 0 Å². The Morgan fingerprint density at radius 1 is 1.47 bits per heavy atom. The third kappa shape index (κ3) is 4.89.